The Balaban J connectivity index is 1.57. The molecule has 1 N–H and O–H groups in total. The number of carbonyl (C=O) groups is 1. The number of likely N-dealkylation sites (tertiary alicyclic amines) is 1. The normalized spacial score (nSPS) is 17.0. The molecule has 6 nitrogen and oxygen atoms in total. The molecular formula is C18H22FN3O3. The van der Waals surface area contributed by atoms with Gasteiger partial charge in [0.1, 0.15) is 6.61 Å². The van der Waals surface area contributed by atoms with Crippen LogP contribution in [0.15, 0.2) is 30.3 Å². The second-order valence-corrected chi connectivity index (χ2v) is 6.03. The fourth-order valence-corrected chi connectivity index (χ4v) is 3.09. The summed E-state index contributed by atoms with van der Waals surface area (Å²) in [7, 11) is 1.52. The van der Waals surface area contributed by atoms with Crippen molar-refractivity contribution in [3.8, 4) is 5.75 Å². The number of ether oxygens (including phenoxy) is 2. The molecule has 25 heavy (non-hydrogen) atoms. The number of para-hydroxylation sites is 1. The maximum Gasteiger partial charge on any atom is 0.249 e. The van der Waals surface area contributed by atoms with E-state index in [0.29, 0.717) is 13.0 Å². The smallest absolute Gasteiger partial charge is 0.249 e. The summed E-state index contributed by atoms with van der Waals surface area (Å²) in [6.45, 7) is 1.16. The van der Waals surface area contributed by atoms with Crippen LogP contribution < -0.4 is 4.74 Å². The van der Waals surface area contributed by atoms with Gasteiger partial charge in [0.05, 0.1) is 18.3 Å². The molecule has 0 unspecified atom stereocenters. The molecule has 2 heterocycles. The molecule has 3 rings (SSSR count). The highest BCUT2D eigenvalue weighted by molar-refractivity contribution is 5.78. The van der Waals surface area contributed by atoms with Gasteiger partial charge in [0.2, 0.25) is 5.91 Å². The molecule has 0 saturated carbocycles. The van der Waals surface area contributed by atoms with Gasteiger partial charge >= 0.3 is 0 Å². The fourth-order valence-electron chi connectivity index (χ4n) is 3.09. The minimum atomic E-state index is -0.369. The minimum absolute atomic E-state index is 0.0138. The number of rotatable bonds is 7. The molecule has 0 radical (unpaired) electrons. The van der Waals surface area contributed by atoms with E-state index >= 15 is 0 Å². The van der Waals surface area contributed by atoms with Gasteiger partial charge in [-0.2, -0.15) is 5.10 Å². The Hall–Kier alpha value is -2.41. The average molecular weight is 347 g/mol. The Morgan fingerprint density at radius 1 is 1.44 bits per heavy atom. The Morgan fingerprint density at radius 2 is 2.28 bits per heavy atom. The number of aromatic nitrogens is 2. The van der Waals surface area contributed by atoms with Gasteiger partial charge < -0.3 is 14.4 Å². The molecule has 1 aliphatic heterocycles. The van der Waals surface area contributed by atoms with Gasteiger partial charge in [-0.25, -0.2) is 4.39 Å². The van der Waals surface area contributed by atoms with Crippen molar-refractivity contribution in [2.45, 2.75) is 25.3 Å². The lowest BCUT2D eigenvalue weighted by Gasteiger charge is -2.22. The third-order valence-electron chi connectivity index (χ3n) is 4.30. The Bertz CT molecular complexity index is 719. The maximum atomic E-state index is 13.5. The van der Waals surface area contributed by atoms with Crippen LogP contribution in [0.5, 0.6) is 5.75 Å². The number of carbonyl (C=O) groups excluding carboxylic acids is 1. The van der Waals surface area contributed by atoms with Crippen LogP contribution >= 0.6 is 0 Å². The molecule has 0 bridgehead atoms. The van der Waals surface area contributed by atoms with Crippen molar-refractivity contribution in [1.29, 1.82) is 0 Å². The van der Waals surface area contributed by atoms with Crippen molar-refractivity contribution < 1.29 is 18.7 Å². The number of hydrogen-bond acceptors (Lipinski definition) is 4. The Labute approximate surface area is 145 Å². The van der Waals surface area contributed by atoms with E-state index in [1.807, 2.05) is 11.0 Å². The summed E-state index contributed by atoms with van der Waals surface area (Å²) in [4.78, 5) is 13.9. The average Bonchev–Trinajstić information content (AvgIpc) is 3.25. The number of halogens is 1. The number of amides is 1. The molecule has 1 aliphatic rings. The first-order valence-electron chi connectivity index (χ1n) is 8.39. The molecule has 1 saturated heterocycles. The zero-order valence-corrected chi connectivity index (χ0v) is 14.2. The number of nitrogens with one attached hydrogen (secondary N) is 1. The molecule has 1 amide bonds. The lowest BCUT2D eigenvalue weighted by Crippen LogP contribution is -2.33. The van der Waals surface area contributed by atoms with Crippen LogP contribution in [0, 0.1) is 5.82 Å². The number of aromatic amines is 1. The highest BCUT2D eigenvalue weighted by Crippen LogP contribution is 2.31. The summed E-state index contributed by atoms with van der Waals surface area (Å²) in [6, 6.07) is 8.27. The van der Waals surface area contributed by atoms with E-state index in [1.165, 1.54) is 13.2 Å². The number of H-pyrrole nitrogens is 1. The number of hydrogen-bond donors (Lipinski definition) is 1. The van der Waals surface area contributed by atoms with Gasteiger partial charge in [-0.3, -0.25) is 9.89 Å². The van der Waals surface area contributed by atoms with Gasteiger partial charge in [-0.05, 0) is 31.0 Å². The van der Waals surface area contributed by atoms with Crippen LogP contribution in [0.2, 0.25) is 0 Å². The SMILES string of the molecule is COCC(=O)N1CCC[C@@H]1c1cc(CCOc2ccccc2F)[nH]n1. The summed E-state index contributed by atoms with van der Waals surface area (Å²) < 4.78 is 23.9. The first-order valence-corrected chi connectivity index (χ1v) is 8.39. The summed E-state index contributed by atoms with van der Waals surface area (Å²) in [6.07, 6.45) is 2.43. The van der Waals surface area contributed by atoms with E-state index in [-0.39, 0.29) is 30.1 Å². The predicted octanol–water partition coefficient (Wildman–Crippen LogP) is 2.48. The molecule has 0 spiro atoms. The monoisotopic (exact) mass is 347 g/mol. The van der Waals surface area contributed by atoms with Crippen molar-refractivity contribution in [3.63, 3.8) is 0 Å². The molecule has 1 aromatic carbocycles. The number of benzene rings is 1. The number of methoxy groups -OCH3 is 1. The van der Waals surface area contributed by atoms with E-state index in [4.69, 9.17) is 9.47 Å². The van der Waals surface area contributed by atoms with E-state index < -0.39 is 0 Å². The molecule has 2 aromatic rings. The van der Waals surface area contributed by atoms with Gasteiger partial charge in [-0.15, -0.1) is 0 Å². The summed E-state index contributed by atoms with van der Waals surface area (Å²) in [5.41, 5.74) is 1.75. The van der Waals surface area contributed by atoms with E-state index in [9.17, 15) is 9.18 Å². The summed E-state index contributed by atoms with van der Waals surface area (Å²) in [5.74, 6) is -0.141. The highest BCUT2D eigenvalue weighted by atomic mass is 19.1. The van der Waals surface area contributed by atoms with Gasteiger partial charge in [0, 0.05) is 25.8 Å². The highest BCUT2D eigenvalue weighted by Gasteiger charge is 2.31. The topological polar surface area (TPSA) is 67.4 Å². The van der Waals surface area contributed by atoms with Crippen molar-refractivity contribution in [2.24, 2.45) is 0 Å². The molecule has 134 valence electrons. The molecule has 1 fully saturated rings. The van der Waals surface area contributed by atoms with Crippen LogP contribution in [0.3, 0.4) is 0 Å². The third-order valence-corrected chi connectivity index (χ3v) is 4.30. The second kappa shape index (κ2) is 8.11. The second-order valence-electron chi connectivity index (χ2n) is 6.03. The molecular weight excluding hydrogens is 325 g/mol. The van der Waals surface area contributed by atoms with Gasteiger partial charge in [0.25, 0.3) is 0 Å². The van der Waals surface area contributed by atoms with E-state index in [1.54, 1.807) is 18.2 Å². The Kier molecular flexibility index (Phi) is 5.65. The van der Waals surface area contributed by atoms with E-state index in [0.717, 1.165) is 30.8 Å². The quantitative estimate of drug-likeness (QED) is 0.836. The zero-order valence-electron chi connectivity index (χ0n) is 14.2. The van der Waals surface area contributed by atoms with Crippen molar-refractivity contribution in [1.82, 2.24) is 15.1 Å². The minimum Gasteiger partial charge on any atom is -0.490 e. The standard InChI is InChI=1S/C18H22FN3O3/c1-24-12-18(23)22-9-4-6-16(22)15-11-13(20-21-15)8-10-25-17-7-3-2-5-14(17)19/h2-3,5,7,11,16H,4,6,8-10,12H2,1H3,(H,20,21)/t16-/m1/s1. The van der Waals surface area contributed by atoms with Crippen LogP contribution in [-0.2, 0) is 16.0 Å². The van der Waals surface area contributed by atoms with Gasteiger partial charge in [-0.1, -0.05) is 12.1 Å². The lowest BCUT2D eigenvalue weighted by molar-refractivity contribution is -0.136. The molecule has 1 atom stereocenters. The van der Waals surface area contributed by atoms with E-state index in [2.05, 4.69) is 10.2 Å². The molecule has 7 heteroatoms. The predicted molar refractivity (Wildman–Crippen MR) is 89.8 cm³/mol. The van der Waals surface area contributed by atoms with Crippen molar-refractivity contribution in [2.75, 3.05) is 26.9 Å². The maximum absolute atomic E-state index is 13.5. The summed E-state index contributed by atoms with van der Waals surface area (Å²) in [5, 5.41) is 7.33. The van der Waals surface area contributed by atoms with Crippen molar-refractivity contribution >= 4 is 5.91 Å². The van der Waals surface area contributed by atoms with Crippen molar-refractivity contribution in [3.05, 3.63) is 47.5 Å². The largest absolute Gasteiger partial charge is 0.490 e. The van der Waals surface area contributed by atoms with Crippen LogP contribution in [0.25, 0.3) is 0 Å². The Morgan fingerprint density at radius 3 is 3.08 bits per heavy atom. The van der Waals surface area contributed by atoms with Crippen LogP contribution in [0.1, 0.15) is 30.3 Å². The first-order chi connectivity index (χ1) is 12.2. The van der Waals surface area contributed by atoms with Crippen LogP contribution in [-0.4, -0.2) is 47.9 Å². The molecule has 0 aliphatic carbocycles. The number of nitrogens with zero attached hydrogens (tertiary/aromatic N) is 2. The summed E-state index contributed by atoms with van der Waals surface area (Å²) >= 11 is 0. The lowest BCUT2D eigenvalue weighted by atomic mass is 10.1. The first kappa shape index (κ1) is 17.4. The molecule has 1 aromatic heterocycles. The van der Waals surface area contributed by atoms with Gasteiger partial charge in [0.15, 0.2) is 11.6 Å². The zero-order chi connectivity index (χ0) is 17.6. The third kappa shape index (κ3) is 4.17. The fraction of sp³-hybridized carbons (Fsp3) is 0.444. The van der Waals surface area contributed by atoms with Crippen LogP contribution in [0.4, 0.5) is 4.39 Å².